The molecule has 0 radical (unpaired) electrons. The number of aryl methyl sites for hydroxylation is 1. The predicted octanol–water partition coefficient (Wildman–Crippen LogP) is 1.52. The van der Waals surface area contributed by atoms with Crippen LogP contribution in [0.25, 0.3) is 0 Å². The lowest BCUT2D eigenvalue weighted by molar-refractivity contribution is -0.117. The van der Waals surface area contributed by atoms with Gasteiger partial charge in [-0.2, -0.15) is 0 Å². The highest BCUT2D eigenvalue weighted by Gasteiger charge is 2.19. The summed E-state index contributed by atoms with van der Waals surface area (Å²) in [6, 6.07) is 8.00. The van der Waals surface area contributed by atoms with E-state index in [2.05, 4.69) is 22.4 Å². The third-order valence-corrected chi connectivity index (χ3v) is 3.30. The Kier molecular flexibility index (Phi) is 4.71. The summed E-state index contributed by atoms with van der Waals surface area (Å²) < 4.78 is 0. The molecule has 1 atom stereocenters. The number of amides is 1. The Morgan fingerprint density at radius 1 is 1.53 bits per heavy atom. The first-order chi connectivity index (χ1) is 9.19. The fourth-order valence-corrected chi connectivity index (χ4v) is 2.31. The van der Waals surface area contributed by atoms with Crippen LogP contribution in [0.2, 0.25) is 0 Å². The molecule has 4 nitrogen and oxygen atoms in total. The molecule has 102 valence electrons. The fourth-order valence-electron chi connectivity index (χ4n) is 2.31. The van der Waals surface area contributed by atoms with E-state index in [1.54, 1.807) is 0 Å². The van der Waals surface area contributed by atoms with Crippen molar-refractivity contribution >= 4 is 11.6 Å². The van der Waals surface area contributed by atoms with Gasteiger partial charge in [-0.25, -0.2) is 0 Å². The molecule has 0 bridgehead atoms. The number of benzene rings is 1. The summed E-state index contributed by atoms with van der Waals surface area (Å²) in [7, 11) is 0. The molecule has 4 heteroatoms. The zero-order valence-electron chi connectivity index (χ0n) is 11.3. The molecular weight excluding hydrogens is 238 g/mol. The molecule has 1 aliphatic rings. The van der Waals surface area contributed by atoms with Gasteiger partial charge in [0.15, 0.2) is 0 Å². The second kappa shape index (κ2) is 6.50. The average Bonchev–Trinajstić information content (AvgIpc) is 2.39. The molecule has 0 aromatic heterocycles. The van der Waals surface area contributed by atoms with E-state index < -0.39 is 0 Å². The number of carbonyl (C=O) groups is 1. The maximum atomic E-state index is 12.0. The van der Waals surface area contributed by atoms with Crippen LogP contribution in [-0.2, 0) is 4.79 Å². The Morgan fingerprint density at radius 3 is 3.11 bits per heavy atom. The Morgan fingerprint density at radius 2 is 2.37 bits per heavy atom. The van der Waals surface area contributed by atoms with Gasteiger partial charge in [0.25, 0.3) is 0 Å². The van der Waals surface area contributed by atoms with E-state index in [1.807, 2.05) is 31.2 Å². The van der Waals surface area contributed by atoms with Crippen molar-refractivity contribution in [2.24, 2.45) is 5.73 Å². The molecule has 1 unspecified atom stereocenters. The average molecular weight is 259 g/mol. The van der Waals surface area contributed by atoms with Crippen LogP contribution in [0, 0.1) is 6.92 Å². The molecule has 0 fully saturated rings. The number of nitrogens with two attached hydrogens (primary N) is 1. The second-order valence-corrected chi connectivity index (χ2v) is 4.91. The number of nitrogens with one attached hydrogen (secondary N) is 1. The number of nitrogens with zero attached hydrogens (tertiary/aromatic N) is 1. The standard InChI is InChI=1S/C15H21N3O/c1-12-5-4-6-13(9-12)17-15(19)11-18-8-3-2-7-14(18)10-16/h2,4-7,9,14H,3,8,10-11,16H2,1H3,(H,17,19). The Bertz CT molecular complexity index is 470. The first-order valence-electron chi connectivity index (χ1n) is 6.66. The van der Waals surface area contributed by atoms with Crippen LogP contribution in [0.5, 0.6) is 0 Å². The van der Waals surface area contributed by atoms with Crippen LogP contribution < -0.4 is 11.1 Å². The minimum atomic E-state index is 0.0133. The Balaban J connectivity index is 1.92. The molecule has 1 aromatic rings. The maximum Gasteiger partial charge on any atom is 0.238 e. The SMILES string of the molecule is Cc1cccc(NC(=O)CN2CCC=CC2CN)c1. The van der Waals surface area contributed by atoms with Crippen molar-refractivity contribution in [3.05, 3.63) is 42.0 Å². The van der Waals surface area contributed by atoms with E-state index in [4.69, 9.17) is 5.73 Å². The minimum Gasteiger partial charge on any atom is -0.329 e. The summed E-state index contributed by atoms with van der Waals surface area (Å²) in [4.78, 5) is 14.2. The molecule has 0 aliphatic carbocycles. The summed E-state index contributed by atoms with van der Waals surface area (Å²) in [5.41, 5.74) is 7.70. The van der Waals surface area contributed by atoms with Crippen LogP contribution >= 0.6 is 0 Å². The van der Waals surface area contributed by atoms with Gasteiger partial charge in [0.1, 0.15) is 0 Å². The summed E-state index contributed by atoms with van der Waals surface area (Å²) in [5.74, 6) is 0.0133. The van der Waals surface area contributed by atoms with Crippen molar-refractivity contribution in [2.45, 2.75) is 19.4 Å². The van der Waals surface area contributed by atoms with Crippen LogP contribution in [0.1, 0.15) is 12.0 Å². The Labute approximate surface area is 114 Å². The predicted molar refractivity (Wildman–Crippen MR) is 78.0 cm³/mol. The molecule has 2 rings (SSSR count). The zero-order chi connectivity index (χ0) is 13.7. The van der Waals surface area contributed by atoms with Gasteiger partial charge >= 0.3 is 0 Å². The van der Waals surface area contributed by atoms with Crippen molar-refractivity contribution in [3.8, 4) is 0 Å². The van der Waals surface area contributed by atoms with Gasteiger partial charge in [0, 0.05) is 24.8 Å². The zero-order valence-corrected chi connectivity index (χ0v) is 11.3. The second-order valence-electron chi connectivity index (χ2n) is 4.91. The summed E-state index contributed by atoms with van der Waals surface area (Å²) >= 11 is 0. The third kappa shape index (κ3) is 3.91. The van der Waals surface area contributed by atoms with E-state index in [0.29, 0.717) is 13.1 Å². The minimum absolute atomic E-state index is 0.0133. The highest BCUT2D eigenvalue weighted by molar-refractivity contribution is 5.92. The van der Waals surface area contributed by atoms with E-state index in [9.17, 15) is 4.79 Å². The fraction of sp³-hybridized carbons (Fsp3) is 0.400. The lowest BCUT2D eigenvalue weighted by atomic mass is 10.1. The van der Waals surface area contributed by atoms with E-state index in [-0.39, 0.29) is 11.9 Å². The molecular formula is C15H21N3O. The first kappa shape index (κ1) is 13.8. The molecule has 0 saturated heterocycles. The lowest BCUT2D eigenvalue weighted by Crippen LogP contribution is -2.45. The van der Waals surface area contributed by atoms with E-state index in [1.165, 1.54) is 0 Å². The molecule has 0 spiro atoms. The number of hydrogen-bond acceptors (Lipinski definition) is 3. The molecule has 1 amide bonds. The van der Waals surface area contributed by atoms with Gasteiger partial charge in [-0.1, -0.05) is 24.3 Å². The molecule has 0 saturated carbocycles. The van der Waals surface area contributed by atoms with Gasteiger partial charge in [0.05, 0.1) is 6.54 Å². The summed E-state index contributed by atoms with van der Waals surface area (Å²) in [6.45, 7) is 3.84. The highest BCUT2D eigenvalue weighted by Crippen LogP contribution is 2.11. The quantitative estimate of drug-likeness (QED) is 0.806. The smallest absolute Gasteiger partial charge is 0.238 e. The first-order valence-corrected chi connectivity index (χ1v) is 6.66. The van der Waals surface area contributed by atoms with Crippen LogP contribution in [0.3, 0.4) is 0 Å². The highest BCUT2D eigenvalue weighted by atomic mass is 16.2. The number of hydrogen-bond donors (Lipinski definition) is 2. The lowest BCUT2D eigenvalue weighted by Gasteiger charge is -2.30. The molecule has 1 aliphatic heterocycles. The monoisotopic (exact) mass is 259 g/mol. The van der Waals surface area contributed by atoms with Crippen molar-refractivity contribution in [1.82, 2.24) is 4.90 Å². The van der Waals surface area contributed by atoms with E-state index >= 15 is 0 Å². The van der Waals surface area contributed by atoms with Gasteiger partial charge in [0.2, 0.25) is 5.91 Å². The topological polar surface area (TPSA) is 58.4 Å². The molecule has 19 heavy (non-hydrogen) atoms. The molecule has 3 N–H and O–H groups in total. The van der Waals surface area contributed by atoms with Crippen molar-refractivity contribution in [1.29, 1.82) is 0 Å². The van der Waals surface area contributed by atoms with Crippen molar-refractivity contribution in [3.63, 3.8) is 0 Å². The third-order valence-electron chi connectivity index (χ3n) is 3.30. The van der Waals surface area contributed by atoms with Gasteiger partial charge in [-0.3, -0.25) is 9.69 Å². The number of rotatable bonds is 4. The largest absolute Gasteiger partial charge is 0.329 e. The normalized spacial score (nSPS) is 19.4. The number of carbonyl (C=O) groups excluding carboxylic acids is 1. The molecule has 1 aromatic carbocycles. The van der Waals surface area contributed by atoms with Crippen molar-refractivity contribution in [2.75, 3.05) is 25.0 Å². The summed E-state index contributed by atoms with van der Waals surface area (Å²) in [5, 5.41) is 2.93. The molecule has 1 heterocycles. The van der Waals surface area contributed by atoms with Gasteiger partial charge in [-0.15, -0.1) is 0 Å². The van der Waals surface area contributed by atoms with Crippen LogP contribution in [-0.4, -0.2) is 36.5 Å². The van der Waals surface area contributed by atoms with Crippen LogP contribution in [0.15, 0.2) is 36.4 Å². The van der Waals surface area contributed by atoms with Gasteiger partial charge < -0.3 is 11.1 Å². The Hall–Kier alpha value is -1.65. The van der Waals surface area contributed by atoms with Crippen LogP contribution in [0.4, 0.5) is 5.69 Å². The van der Waals surface area contributed by atoms with E-state index in [0.717, 1.165) is 24.2 Å². The number of anilines is 1. The van der Waals surface area contributed by atoms with Crippen molar-refractivity contribution < 1.29 is 4.79 Å². The van der Waals surface area contributed by atoms with Gasteiger partial charge in [-0.05, 0) is 31.0 Å². The summed E-state index contributed by atoms with van der Waals surface area (Å²) in [6.07, 6.45) is 5.20. The maximum absolute atomic E-state index is 12.0.